The Bertz CT molecular complexity index is 110. The fourth-order valence-corrected chi connectivity index (χ4v) is 1.00. The summed E-state index contributed by atoms with van der Waals surface area (Å²) in [6.45, 7) is 6.76. The molecule has 0 radical (unpaired) electrons. The summed E-state index contributed by atoms with van der Waals surface area (Å²) in [4.78, 5) is 3.87. The van der Waals surface area contributed by atoms with Gasteiger partial charge in [-0.2, -0.15) is 0 Å². The SMILES string of the molecule is C[Si](C)(C)CN=C=S. The number of rotatable bonds is 2. The average Bonchev–Trinajstić information content (AvgIpc) is 1.59. The summed E-state index contributed by atoms with van der Waals surface area (Å²) in [6, 6.07) is 0. The Morgan fingerprint density at radius 2 is 2.00 bits per heavy atom. The second-order valence-electron chi connectivity index (χ2n) is 2.97. The molecule has 0 saturated heterocycles. The molecule has 0 N–H and O–H groups in total. The van der Waals surface area contributed by atoms with Crippen molar-refractivity contribution >= 4 is 25.5 Å². The van der Waals surface area contributed by atoms with Crippen molar-refractivity contribution in [1.82, 2.24) is 0 Å². The lowest BCUT2D eigenvalue weighted by atomic mass is 11.4. The molecule has 0 aliphatic carbocycles. The van der Waals surface area contributed by atoms with Crippen LogP contribution in [0.3, 0.4) is 0 Å². The highest BCUT2D eigenvalue weighted by Gasteiger charge is 2.10. The Balaban J connectivity index is 3.55. The van der Waals surface area contributed by atoms with Gasteiger partial charge in [0.25, 0.3) is 0 Å². The fraction of sp³-hybridized carbons (Fsp3) is 0.800. The zero-order chi connectivity index (χ0) is 6.62. The molecule has 46 valence electrons. The van der Waals surface area contributed by atoms with E-state index in [0.717, 1.165) is 6.17 Å². The van der Waals surface area contributed by atoms with Crippen LogP contribution in [-0.4, -0.2) is 19.4 Å². The van der Waals surface area contributed by atoms with Gasteiger partial charge in [-0.1, -0.05) is 19.6 Å². The molecule has 0 bridgehead atoms. The van der Waals surface area contributed by atoms with Crippen molar-refractivity contribution in [3.8, 4) is 0 Å². The standard InChI is InChI=1S/C5H11NSSi/c1-8(2,3)5-6-4-7/h5H2,1-3H3. The van der Waals surface area contributed by atoms with Gasteiger partial charge in [-0.15, -0.1) is 0 Å². The molecule has 0 unspecified atom stereocenters. The number of aliphatic imine (C=N–C) groups is 1. The molecule has 1 nitrogen and oxygen atoms in total. The van der Waals surface area contributed by atoms with Gasteiger partial charge in [0.05, 0.1) is 13.2 Å². The summed E-state index contributed by atoms with van der Waals surface area (Å²) < 4.78 is 0. The molecule has 0 aliphatic rings. The van der Waals surface area contributed by atoms with E-state index in [0.29, 0.717) is 0 Å². The van der Waals surface area contributed by atoms with Crippen molar-refractivity contribution in [2.24, 2.45) is 4.99 Å². The maximum atomic E-state index is 4.43. The van der Waals surface area contributed by atoms with Crippen molar-refractivity contribution in [1.29, 1.82) is 0 Å². The number of thiocarbonyl (C=S) groups is 1. The highest BCUT2D eigenvalue weighted by atomic mass is 32.1. The molecule has 0 rings (SSSR count). The number of hydrogen-bond donors (Lipinski definition) is 0. The summed E-state index contributed by atoms with van der Waals surface area (Å²) in [5, 5.41) is 2.37. The van der Waals surface area contributed by atoms with Crippen LogP contribution < -0.4 is 0 Å². The summed E-state index contributed by atoms with van der Waals surface area (Å²) >= 11 is 4.43. The molecule has 0 spiro atoms. The molecule has 0 atom stereocenters. The molecule has 0 fully saturated rings. The van der Waals surface area contributed by atoms with E-state index in [1.54, 1.807) is 0 Å². The lowest BCUT2D eigenvalue weighted by molar-refractivity contribution is 1.30. The van der Waals surface area contributed by atoms with Gasteiger partial charge in [0, 0.05) is 6.17 Å². The van der Waals surface area contributed by atoms with Crippen LogP contribution in [0.5, 0.6) is 0 Å². The lowest BCUT2D eigenvalue weighted by Crippen LogP contribution is -2.24. The highest BCUT2D eigenvalue weighted by molar-refractivity contribution is 7.78. The Labute approximate surface area is 56.8 Å². The van der Waals surface area contributed by atoms with E-state index in [1.165, 1.54) is 0 Å². The quantitative estimate of drug-likeness (QED) is 0.329. The van der Waals surface area contributed by atoms with E-state index < -0.39 is 8.07 Å². The number of hydrogen-bond acceptors (Lipinski definition) is 2. The van der Waals surface area contributed by atoms with Crippen LogP contribution in [0.2, 0.25) is 19.6 Å². The first-order valence-corrected chi connectivity index (χ1v) is 6.71. The molecule has 8 heavy (non-hydrogen) atoms. The van der Waals surface area contributed by atoms with Crippen LogP contribution in [0.15, 0.2) is 4.99 Å². The van der Waals surface area contributed by atoms with Gasteiger partial charge < -0.3 is 0 Å². The Kier molecular flexibility index (Phi) is 3.13. The van der Waals surface area contributed by atoms with Crippen LogP contribution in [0.1, 0.15) is 0 Å². The molecule has 0 amide bonds. The third-order valence-electron chi connectivity index (χ3n) is 0.618. The summed E-state index contributed by atoms with van der Waals surface area (Å²) in [5.74, 6) is 0. The van der Waals surface area contributed by atoms with Gasteiger partial charge in [-0.25, -0.2) is 4.99 Å². The third-order valence-corrected chi connectivity index (χ3v) is 1.85. The minimum atomic E-state index is -0.974. The first-order valence-electron chi connectivity index (χ1n) is 2.60. The zero-order valence-corrected chi connectivity index (χ0v) is 7.38. The minimum absolute atomic E-state index is 0.913. The molecule has 0 aromatic carbocycles. The smallest absolute Gasteiger partial charge is 0.0703 e. The highest BCUT2D eigenvalue weighted by Crippen LogP contribution is 1.98. The lowest BCUT2D eigenvalue weighted by Gasteiger charge is -2.08. The maximum Gasteiger partial charge on any atom is 0.0703 e. The van der Waals surface area contributed by atoms with Crippen molar-refractivity contribution < 1.29 is 0 Å². The second kappa shape index (κ2) is 3.12. The van der Waals surface area contributed by atoms with Crippen LogP contribution in [-0.2, 0) is 0 Å². The van der Waals surface area contributed by atoms with Gasteiger partial charge in [0.1, 0.15) is 0 Å². The first-order chi connectivity index (χ1) is 3.56. The van der Waals surface area contributed by atoms with Crippen LogP contribution in [0.25, 0.3) is 0 Å². The predicted molar refractivity (Wildman–Crippen MR) is 43.2 cm³/mol. The van der Waals surface area contributed by atoms with E-state index in [-0.39, 0.29) is 0 Å². The van der Waals surface area contributed by atoms with Crippen LogP contribution in [0, 0.1) is 0 Å². The molecular weight excluding hydrogens is 134 g/mol. The van der Waals surface area contributed by atoms with E-state index in [2.05, 4.69) is 42.0 Å². The van der Waals surface area contributed by atoms with E-state index in [4.69, 9.17) is 0 Å². The van der Waals surface area contributed by atoms with Crippen molar-refractivity contribution in [2.45, 2.75) is 19.6 Å². The fourth-order valence-electron chi connectivity index (χ4n) is 0.269. The second-order valence-corrected chi connectivity index (χ2v) is 8.59. The van der Waals surface area contributed by atoms with E-state index >= 15 is 0 Å². The normalized spacial score (nSPS) is 10.4. The van der Waals surface area contributed by atoms with Gasteiger partial charge in [0.15, 0.2) is 0 Å². The molecule has 0 aliphatic heterocycles. The molecule has 3 heteroatoms. The number of nitrogens with zero attached hydrogens (tertiary/aromatic N) is 1. The molecular formula is C5H11NSSi. The summed E-state index contributed by atoms with van der Waals surface area (Å²) in [6.07, 6.45) is 0.913. The number of isothiocyanates is 1. The van der Waals surface area contributed by atoms with Crippen LogP contribution >= 0.6 is 12.2 Å². The van der Waals surface area contributed by atoms with Gasteiger partial charge in [-0.3, -0.25) is 0 Å². The monoisotopic (exact) mass is 145 g/mol. The van der Waals surface area contributed by atoms with Gasteiger partial charge >= 0.3 is 0 Å². The first kappa shape index (κ1) is 8.02. The maximum absolute atomic E-state index is 4.43. The molecule has 0 saturated carbocycles. The zero-order valence-electron chi connectivity index (χ0n) is 5.56. The molecule has 0 heterocycles. The average molecular weight is 145 g/mol. The van der Waals surface area contributed by atoms with E-state index in [9.17, 15) is 0 Å². The van der Waals surface area contributed by atoms with Crippen molar-refractivity contribution in [2.75, 3.05) is 6.17 Å². The Hall–Kier alpha value is 0.0169. The van der Waals surface area contributed by atoms with E-state index in [1.807, 2.05) is 0 Å². The predicted octanol–water partition coefficient (Wildman–Crippen LogP) is 1.97. The molecule has 0 aromatic heterocycles. The topological polar surface area (TPSA) is 12.4 Å². The van der Waals surface area contributed by atoms with Crippen LogP contribution in [0.4, 0.5) is 0 Å². The molecule has 0 aromatic rings. The minimum Gasteiger partial charge on any atom is -0.236 e. The Morgan fingerprint density at radius 3 is 2.12 bits per heavy atom. The summed E-state index contributed by atoms with van der Waals surface area (Å²) in [7, 11) is -0.974. The third kappa shape index (κ3) is 6.02. The van der Waals surface area contributed by atoms with Gasteiger partial charge in [0.2, 0.25) is 0 Å². The van der Waals surface area contributed by atoms with Crippen molar-refractivity contribution in [3.63, 3.8) is 0 Å². The van der Waals surface area contributed by atoms with Crippen molar-refractivity contribution in [3.05, 3.63) is 0 Å². The largest absolute Gasteiger partial charge is 0.236 e. The van der Waals surface area contributed by atoms with Gasteiger partial charge in [-0.05, 0) is 12.2 Å². The summed E-state index contributed by atoms with van der Waals surface area (Å²) in [5.41, 5.74) is 0. The Morgan fingerprint density at radius 1 is 1.50 bits per heavy atom.